The van der Waals surface area contributed by atoms with E-state index in [-0.39, 0.29) is 18.5 Å². The Morgan fingerprint density at radius 2 is 2.21 bits per heavy atom. The lowest BCUT2D eigenvalue weighted by atomic mass is 9.98. The molecule has 0 aromatic rings. The molecule has 1 amide bonds. The van der Waals surface area contributed by atoms with Crippen LogP contribution in [0.25, 0.3) is 0 Å². The molecule has 0 radical (unpaired) electrons. The molecule has 0 unspecified atom stereocenters. The zero-order valence-electron chi connectivity index (χ0n) is 8.27. The van der Waals surface area contributed by atoms with Gasteiger partial charge in [0.15, 0.2) is 0 Å². The number of amides is 1. The summed E-state index contributed by atoms with van der Waals surface area (Å²) in [5.74, 6) is -1.39. The fourth-order valence-electron chi connectivity index (χ4n) is 2.07. The average Bonchev–Trinajstić information content (AvgIpc) is 2.59. The van der Waals surface area contributed by atoms with Gasteiger partial charge in [0.25, 0.3) is 0 Å². The van der Waals surface area contributed by atoms with Gasteiger partial charge in [-0.2, -0.15) is 0 Å². The van der Waals surface area contributed by atoms with Crippen molar-refractivity contribution in [3.63, 3.8) is 0 Å². The molecule has 5 nitrogen and oxygen atoms in total. The van der Waals surface area contributed by atoms with Crippen molar-refractivity contribution in [2.24, 2.45) is 11.7 Å². The van der Waals surface area contributed by atoms with Crippen LogP contribution in [0.4, 0.5) is 0 Å². The fraction of sp³-hybridized carbons (Fsp3) is 0.778. The number of carbonyl (C=O) groups is 2. The van der Waals surface area contributed by atoms with Gasteiger partial charge in [0.05, 0.1) is 12.5 Å². The SMILES string of the molecule is CC[C@@H]1[C@@H](C(=O)O)CCN1C(=O)CN. The molecule has 1 heterocycles. The van der Waals surface area contributed by atoms with E-state index in [2.05, 4.69) is 0 Å². The summed E-state index contributed by atoms with van der Waals surface area (Å²) < 4.78 is 0. The van der Waals surface area contributed by atoms with Gasteiger partial charge in [0.1, 0.15) is 0 Å². The normalized spacial score (nSPS) is 26.6. The van der Waals surface area contributed by atoms with Gasteiger partial charge in [-0.05, 0) is 12.8 Å². The third kappa shape index (κ3) is 1.87. The third-order valence-electron chi connectivity index (χ3n) is 2.78. The number of aliphatic carboxylic acids is 1. The summed E-state index contributed by atoms with van der Waals surface area (Å²) in [7, 11) is 0. The number of carboxylic acid groups (broad SMARTS) is 1. The summed E-state index contributed by atoms with van der Waals surface area (Å²) in [6.07, 6.45) is 1.21. The van der Waals surface area contributed by atoms with E-state index in [0.29, 0.717) is 19.4 Å². The molecule has 1 rings (SSSR count). The Kier molecular flexibility index (Phi) is 3.46. The molecule has 0 saturated carbocycles. The van der Waals surface area contributed by atoms with Crippen LogP contribution in [0.3, 0.4) is 0 Å². The summed E-state index contributed by atoms with van der Waals surface area (Å²) in [4.78, 5) is 23.8. The van der Waals surface area contributed by atoms with Crippen molar-refractivity contribution in [1.82, 2.24) is 4.90 Å². The van der Waals surface area contributed by atoms with Crippen LogP contribution >= 0.6 is 0 Å². The molecule has 3 N–H and O–H groups in total. The number of hydrogen-bond acceptors (Lipinski definition) is 3. The van der Waals surface area contributed by atoms with Crippen LogP contribution in [0, 0.1) is 5.92 Å². The molecule has 1 fully saturated rings. The fourth-order valence-corrected chi connectivity index (χ4v) is 2.07. The van der Waals surface area contributed by atoms with Crippen molar-refractivity contribution >= 4 is 11.9 Å². The number of carboxylic acids is 1. The van der Waals surface area contributed by atoms with E-state index in [4.69, 9.17) is 10.8 Å². The Balaban J connectivity index is 2.73. The number of rotatable bonds is 3. The minimum absolute atomic E-state index is 0.0389. The maximum absolute atomic E-state index is 11.4. The number of nitrogens with zero attached hydrogens (tertiary/aromatic N) is 1. The Labute approximate surface area is 82.9 Å². The first-order chi connectivity index (χ1) is 6.61. The first-order valence-corrected chi connectivity index (χ1v) is 4.84. The minimum Gasteiger partial charge on any atom is -0.481 e. The molecule has 0 aromatic carbocycles. The van der Waals surface area contributed by atoms with E-state index in [0.717, 1.165) is 0 Å². The molecular weight excluding hydrogens is 184 g/mol. The Morgan fingerprint density at radius 3 is 2.64 bits per heavy atom. The molecule has 1 aliphatic rings. The molecule has 0 spiro atoms. The molecule has 14 heavy (non-hydrogen) atoms. The van der Waals surface area contributed by atoms with E-state index in [9.17, 15) is 9.59 Å². The summed E-state index contributed by atoms with van der Waals surface area (Å²) in [6, 6.07) is -0.177. The van der Waals surface area contributed by atoms with Crippen LogP contribution in [0.5, 0.6) is 0 Å². The number of hydrogen-bond donors (Lipinski definition) is 2. The summed E-state index contributed by atoms with van der Waals surface area (Å²) >= 11 is 0. The Hall–Kier alpha value is -1.10. The molecule has 1 saturated heterocycles. The first-order valence-electron chi connectivity index (χ1n) is 4.84. The molecule has 0 bridgehead atoms. The van der Waals surface area contributed by atoms with Crippen LogP contribution in [-0.4, -0.2) is 41.0 Å². The van der Waals surface area contributed by atoms with Crippen LogP contribution in [0.15, 0.2) is 0 Å². The van der Waals surface area contributed by atoms with Crippen molar-refractivity contribution < 1.29 is 14.7 Å². The second-order valence-corrected chi connectivity index (χ2v) is 3.50. The molecule has 2 atom stereocenters. The average molecular weight is 200 g/mol. The highest BCUT2D eigenvalue weighted by Gasteiger charge is 2.39. The molecule has 1 aliphatic heterocycles. The Morgan fingerprint density at radius 1 is 1.57 bits per heavy atom. The summed E-state index contributed by atoms with van der Waals surface area (Å²) in [5.41, 5.74) is 5.25. The third-order valence-corrected chi connectivity index (χ3v) is 2.78. The smallest absolute Gasteiger partial charge is 0.308 e. The number of carbonyl (C=O) groups excluding carboxylic acids is 1. The zero-order chi connectivity index (χ0) is 10.7. The second kappa shape index (κ2) is 4.41. The first kappa shape index (κ1) is 11.0. The van der Waals surface area contributed by atoms with E-state index in [1.165, 1.54) is 0 Å². The molecule has 0 aromatic heterocycles. The van der Waals surface area contributed by atoms with Gasteiger partial charge < -0.3 is 15.7 Å². The van der Waals surface area contributed by atoms with Crippen molar-refractivity contribution in [2.45, 2.75) is 25.8 Å². The van der Waals surface area contributed by atoms with E-state index in [1.54, 1.807) is 4.90 Å². The predicted octanol–water partition coefficient (Wildman–Crippen LogP) is -0.343. The van der Waals surface area contributed by atoms with Gasteiger partial charge in [-0.1, -0.05) is 6.92 Å². The molecular formula is C9H16N2O3. The van der Waals surface area contributed by atoms with Crippen LogP contribution < -0.4 is 5.73 Å². The highest BCUT2D eigenvalue weighted by Crippen LogP contribution is 2.26. The van der Waals surface area contributed by atoms with Crippen molar-refractivity contribution in [2.75, 3.05) is 13.1 Å². The summed E-state index contributed by atoms with van der Waals surface area (Å²) in [5, 5.41) is 8.92. The quantitative estimate of drug-likeness (QED) is 0.652. The maximum Gasteiger partial charge on any atom is 0.308 e. The van der Waals surface area contributed by atoms with Gasteiger partial charge >= 0.3 is 5.97 Å². The van der Waals surface area contributed by atoms with Gasteiger partial charge in [-0.25, -0.2) is 0 Å². The summed E-state index contributed by atoms with van der Waals surface area (Å²) in [6.45, 7) is 2.37. The topological polar surface area (TPSA) is 83.6 Å². The molecule has 0 aliphatic carbocycles. The van der Waals surface area contributed by atoms with Crippen molar-refractivity contribution in [1.29, 1.82) is 0 Å². The van der Waals surface area contributed by atoms with Crippen LogP contribution in [0.1, 0.15) is 19.8 Å². The van der Waals surface area contributed by atoms with Crippen LogP contribution in [0.2, 0.25) is 0 Å². The highest BCUT2D eigenvalue weighted by molar-refractivity contribution is 5.80. The largest absolute Gasteiger partial charge is 0.481 e. The van der Waals surface area contributed by atoms with E-state index in [1.807, 2.05) is 6.92 Å². The monoisotopic (exact) mass is 200 g/mol. The predicted molar refractivity (Wildman–Crippen MR) is 50.6 cm³/mol. The molecule has 5 heteroatoms. The zero-order valence-corrected chi connectivity index (χ0v) is 8.27. The van der Waals surface area contributed by atoms with E-state index >= 15 is 0 Å². The number of likely N-dealkylation sites (tertiary alicyclic amines) is 1. The lowest BCUT2D eigenvalue weighted by Crippen LogP contribution is -2.42. The second-order valence-electron chi connectivity index (χ2n) is 3.50. The van der Waals surface area contributed by atoms with Gasteiger partial charge in [0, 0.05) is 12.6 Å². The maximum atomic E-state index is 11.4. The lowest BCUT2D eigenvalue weighted by Gasteiger charge is -2.25. The lowest BCUT2D eigenvalue weighted by molar-refractivity contribution is -0.143. The Bertz CT molecular complexity index is 242. The van der Waals surface area contributed by atoms with Crippen LogP contribution in [-0.2, 0) is 9.59 Å². The van der Waals surface area contributed by atoms with Crippen molar-refractivity contribution in [3.05, 3.63) is 0 Å². The van der Waals surface area contributed by atoms with Crippen molar-refractivity contribution in [3.8, 4) is 0 Å². The van der Waals surface area contributed by atoms with Gasteiger partial charge in [0.2, 0.25) is 5.91 Å². The standard InChI is InChI=1S/C9H16N2O3/c1-2-7-6(9(13)14)3-4-11(7)8(12)5-10/h6-7H,2-5,10H2,1H3,(H,13,14)/t6-,7+/m0/s1. The number of nitrogens with two attached hydrogens (primary N) is 1. The van der Waals surface area contributed by atoms with E-state index < -0.39 is 11.9 Å². The van der Waals surface area contributed by atoms with Gasteiger partial charge in [-0.15, -0.1) is 0 Å². The molecule has 80 valence electrons. The highest BCUT2D eigenvalue weighted by atomic mass is 16.4. The minimum atomic E-state index is -0.816. The van der Waals surface area contributed by atoms with Gasteiger partial charge in [-0.3, -0.25) is 9.59 Å².